The molecule has 1 fully saturated rings. The van der Waals surface area contributed by atoms with Gasteiger partial charge in [-0.3, -0.25) is 10.6 Å². The number of unbranched alkanes of at least 4 members (excludes halogenated alkanes) is 1. The standard InChI is InChI=1S/C13H27N5O/c1-18-8-6-11(7-9-18)16-13(19)5-3-2-4-12(10-14)17-15/h10-11,17H,2-9,14-15H2,1H3,(H,16,19). The molecule has 0 aromatic heterocycles. The molecule has 0 unspecified atom stereocenters. The molecule has 0 aromatic rings. The number of nitrogens with zero attached hydrogens (tertiary/aromatic N) is 1. The van der Waals surface area contributed by atoms with Crippen LogP contribution < -0.4 is 22.3 Å². The Morgan fingerprint density at radius 1 is 1.32 bits per heavy atom. The van der Waals surface area contributed by atoms with Crippen LogP contribution in [0.15, 0.2) is 11.9 Å². The summed E-state index contributed by atoms with van der Waals surface area (Å²) in [6, 6.07) is 0.355. The fourth-order valence-corrected chi connectivity index (χ4v) is 2.26. The van der Waals surface area contributed by atoms with Crippen LogP contribution >= 0.6 is 0 Å². The number of hydrogen-bond acceptors (Lipinski definition) is 5. The van der Waals surface area contributed by atoms with Crippen molar-refractivity contribution in [3.05, 3.63) is 11.9 Å². The molecular weight excluding hydrogens is 242 g/mol. The minimum Gasteiger partial charge on any atom is -0.403 e. The molecule has 0 bridgehead atoms. The highest BCUT2D eigenvalue weighted by Gasteiger charge is 2.17. The second-order valence-electron chi connectivity index (χ2n) is 5.19. The quantitative estimate of drug-likeness (QED) is 0.297. The monoisotopic (exact) mass is 269 g/mol. The third-order valence-corrected chi connectivity index (χ3v) is 3.57. The Bertz CT molecular complexity index is 297. The lowest BCUT2D eigenvalue weighted by molar-refractivity contribution is -0.122. The molecule has 1 aliphatic heterocycles. The van der Waals surface area contributed by atoms with Gasteiger partial charge in [0, 0.05) is 24.4 Å². The van der Waals surface area contributed by atoms with E-state index in [1.165, 1.54) is 6.20 Å². The number of allylic oxidation sites excluding steroid dienone is 1. The number of piperidine rings is 1. The summed E-state index contributed by atoms with van der Waals surface area (Å²) < 4.78 is 0. The molecule has 110 valence electrons. The van der Waals surface area contributed by atoms with Crippen molar-refractivity contribution < 1.29 is 4.79 Å². The van der Waals surface area contributed by atoms with Gasteiger partial charge in [-0.15, -0.1) is 0 Å². The first kappa shape index (κ1) is 15.8. The van der Waals surface area contributed by atoms with E-state index in [1.54, 1.807) is 0 Å². The SMILES string of the molecule is CN1CCC(NC(=O)CCCCC(=CN)NN)CC1. The normalized spacial score (nSPS) is 18.3. The van der Waals surface area contributed by atoms with Gasteiger partial charge in [0.25, 0.3) is 0 Å². The van der Waals surface area contributed by atoms with Gasteiger partial charge in [-0.2, -0.15) is 0 Å². The van der Waals surface area contributed by atoms with Crippen LogP contribution in [0.2, 0.25) is 0 Å². The molecule has 0 aliphatic carbocycles. The number of carbonyl (C=O) groups is 1. The van der Waals surface area contributed by atoms with Gasteiger partial charge in [-0.05, 0) is 52.2 Å². The zero-order valence-corrected chi connectivity index (χ0v) is 11.8. The fourth-order valence-electron chi connectivity index (χ4n) is 2.26. The van der Waals surface area contributed by atoms with Crippen LogP contribution in [0.1, 0.15) is 38.5 Å². The summed E-state index contributed by atoms with van der Waals surface area (Å²) in [4.78, 5) is 14.1. The Kier molecular flexibility index (Phi) is 7.28. The van der Waals surface area contributed by atoms with Crippen LogP contribution in [-0.2, 0) is 4.79 Å². The average Bonchev–Trinajstić information content (AvgIpc) is 2.42. The van der Waals surface area contributed by atoms with Gasteiger partial charge in [0.05, 0.1) is 0 Å². The Morgan fingerprint density at radius 2 is 1.95 bits per heavy atom. The molecule has 1 heterocycles. The largest absolute Gasteiger partial charge is 0.403 e. The molecule has 1 amide bonds. The highest BCUT2D eigenvalue weighted by atomic mass is 16.1. The van der Waals surface area contributed by atoms with Crippen molar-refractivity contribution in [2.75, 3.05) is 20.1 Å². The van der Waals surface area contributed by atoms with Gasteiger partial charge in [0.15, 0.2) is 0 Å². The van der Waals surface area contributed by atoms with Crippen molar-refractivity contribution in [2.45, 2.75) is 44.6 Å². The number of likely N-dealkylation sites (tertiary alicyclic amines) is 1. The number of rotatable bonds is 7. The molecule has 0 saturated carbocycles. The number of nitrogens with one attached hydrogen (secondary N) is 2. The molecule has 0 atom stereocenters. The number of nitrogens with two attached hydrogens (primary N) is 2. The zero-order chi connectivity index (χ0) is 14.1. The molecule has 0 radical (unpaired) electrons. The number of hydrazine groups is 1. The summed E-state index contributed by atoms with van der Waals surface area (Å²) in [5, 5.41) is 3.11. The molecule has 6 heteroatoms. The molecule has 1 saturated heterocycles. The van der Waals surface area contributed by atoms with E-state index in [2.05, 4.69) is 22.7 Å². The van der Waals surface area contributed by atoms with Gasteiger partial charge in [-0.1, -0.05) is 0 Å². The lowest BCUT2D eigenvalue weighted by Crippen LogP contribution is -2.43. The third kappa shape index (κ3) is 6.45. The minimum absolute atomic E-state index is 0.161. The smallest absolute Gasteiger partial charge is 0.220 e. The van der Waals surface area contributed by atoms with Gasteiger partial charge in [-0.25, -0.2) is 0 Å². The van der Waals surface area contributed by atoms with Crippen molar-refractivity contribution >= 4 is 5.91 Å². The molecule has 0 spiro atoms. The van der Waals surface area contributed by atoms with Gasteiger partial charge in [0.1, 0.15) is 0 Å². The van der Waals surface area contributed by atoms with Crippen LogP contribution in [0.4, 0.5) is 0 Å². The fraction of sp³-hybridized carbons (Fsp3) is 0.769. The molecule has 0 aromatic carbocycles. The molecule has 6 nitrogen and oxygen atoms in total. The first-order valence-corrected chi connectivity index (χ1v) is 7.01. The lowest BCUT2D eigenvalue weighted by atomic mass is 10.1. The first-order valence-electron chi connectivity index (χ1n) is 7.01. The third-order valence-electron chi connectivity index (χ3n) is 3.57. The van der Waals surface area contributed by atoms with Crippen LogP contribution in [0.25, 0.3) is 0 Å². The molecule has 19 heavy (non-hydrogen) atoms. The predicted molar refractivity (Wildman–Crippen MR) is 76.7 cm³/mol. The summed E-state index contributed by atoms with van der Waals surface area (Å²) in [5.41, 5.74) is 8.73. The summed E-state index contributed by atoms with van der Waals surface area (Å²) >= 11 is 0. The van der Waals surface area contributed by atoms with E-state index >= 15 is 0 Å². The Labute approximate surface area is 115 Å². The Balaban J connectivity index is 2.08. The van der Waals surface area contributed by atoms with Crippen molar-refractivity contribution in [1.29, 1.82) is 0 Å². The second kappa shape index (κ2) is 8.77. The van der Waals surface area contributed by atoms with Crippen molar-refractivity contribution in [1.82, 2.24) is 15.6 Å². The van der Waals surface area contributed by atoms with E-state index in [1.807, 2.05) is 0 Å². The maximum absolute atomic E-state index is 11.8. The molecule has 1 aliphatic rings. The highest BCUT2D eigenvalue weighted by molar-refractivity contribution is 5.76. The number of amides is 1. The van der Waals surface area contributed by atoms with Crippen LogP contribution in [0.3, 0.4) is 0 Å². The van der Waals surface area contributed by atoms with Crippen molar-refractivity contribution in [3.8, 4) is 0 Å². The topological polar surface area (TPSA) is 96.4 Å². The number of hydrogen-bond donors (Lipinski definition) is 4. The van der Waals surface area contributed by atoms with Crippen LogP contribution in [0.5, 0.6) is 0 Å². The van der Waals surface area contributed by atoms with E-state index < -0.39 is 0 Å². The maximum atomic E-state index is 11.8. The molecule has 6 N–H and O–H groups in total. The predicted octanol–water partition coefficient (Wildman–Crippen LogP) is 0.0206. The van der Waals surface area contributed by atoms with Gasteiger partial charge < -0.3 is 21.4 Å². The van der Waals surface area contributed by atoms with Crippen molar-refractivity contribution in [2.24, 2.45) is 11.6 Å². The molecular formula is C13H27N5O. The van der Waals surface area contributed by atoms with Crippen LogP contribution in [-0.4, -0.2) is 37.0 Å². The van der Waals surface area contributed by atoms with E-state index in [9.17, 15) is 4.79 Å². The average molecular weight is 269 g/mol. The summed E-state index contributed by atoms with van der Waals surface area (Å²) in [5.74, 6) is 5.44. The van der Waals surface area contributed by atoms with E-state index in [-0.39, 0.29) is 5.91 Å². The number of carbonyl (C=O) groups excluding carboxylic acids is 1. The minimum atomic E-state index is 0.161. The Morgan fingerprint density at radius 3 is 2.53 bits per heavy atom. The van der Waals surface area contributed by atoms with Gasteiger partial charge >= 0.3 is 0 Å². The lowest BCUT2D eigenvalue weighted by Gasteiger charge is -2.29. The van der Waals surface area contributed by atoms with E-state index in [0.717, 1.165) is 50.9 Å². The van der Waals surface area contributed by atoms with Crippen molar-refractivity contribution in [3.63, 3.8) is 0 Å². The first-order chi connectivity index (χ1) is 9.15. The van der Waals surface area contributed by atoms with E-state index in [4.69, 9.17) is 11.6 Å². The summed E-state index contributed by atoms with van der Waals surface area (Å²) in [6.07, 6.45) is 6.71. The zero-order valence-electron chi connectivity index (χ0n) is 11.8. The highest BCUT2D eigenvalue weighted by Crippen LogP contribution is 2.09. The molecule has 1 rings (SSSR count). The second-order valence-corrected chi connectivity index (χ2v) is 5.19. The van der Waals surface area contributed by atoms with Gasteiger partial charge in [0.2, 0.25) is 5.91 Å². The summed E-state index contributed by atoms with van der Waals surface area (Å²) in [7, 11) is 2.12. The summed E-state index contributed by atoms with van der Waals surface area (Å²) in [6.45, 7) is 2.13. The Hall–Kier alpha value is -1.27. The van der Waals surface area contributed by atoms with E-state index in [0.29, 0.717) is 12.5 Å². The van der Waals surface area contributed by atoms with Crippen LogP contribution in [0, 0.1) is 0 Å². The maximum Gasteiger partial charge on any atom is 0.220 e.